The van der Waals surface area contributed by atoms with Crippen molar-refractivity contribution in [3.8, 4) is 6.07 Å². The first kappa shape index (κ1) is 14.9. The number of amides is 1. The Morgan fingerprint density at radius 2 is 2.26 bits per heavy atom. The Hall–Kier alpha value is -2.13. The third kappa shape index (κ3) is 3.93. The molecule has 0 unspecified atom stereocenters. The number of nitrogens with two attached hydrogens (primary N) is 1. The van der Waals surface area contributed by atoms with Crippen LogP contribution in [0.2, 0.25) is 0 Å². The van der Waals surface area contributed by atoms with Crippen LogP contribution in [0.5, 0.6) is 0 Å². The van der Waals surface area contributed by atoms with Gasteiger partial charge >= 0.3 is 0 Å². The van der Waals surface area contributed by atoms with Gasteiger partial charge in [-0.25, -0.2) is 10.8 Å². The smallest absolute Gasteiger partial charge is 0.253 e. The molecule has 3 N–H and O–H groups in total. The van der Waals surface area contributed by atoms with Crippen molar-refractivity contribution in [2.24, 2.45) is 5.84 Å². The van der Waals surface area contributed by atoms with Gasteiger partial charge in [0, 0.05) is 24.8 Å². The SMILES string of the molecule is CC(C)c1cc(C(=O)N(C)CCC#N)cc(NN)n1. The van der Waals surface area contributed by atoms with Crippen LogP contribution >= 0.6 is 0 Å². The zero-order chi connectivity index (χ0) is 14.4. The van der Waals surface area contributed by atoms with Crippen molar-refractivity contribution in [2.45, 2.75) is 26.2 Å². The predicted octanol–water partition coefficient (Wildman–Crippen LogP) is 1.48. The number of nitrogens with zero attached hydrogens (tertiary/aromatic N) is 3. The Bertz CT molecular complexity index is 492. The number of nitrogen functional groups attached to an aromatic ring is 1. The summed E-state index contributed by atoms with van der Waals surface area (Å²) in [7, 11) is 1.67. The van der Waals surface area contributed by atoms with E-state index in [1.54, 1.807) is 19.2 Å². The van der Waals surface area contributed by atoms with Gasteiger partial charge in [0.2, 0.25) is 0 Å². The number of carbonyl (C=O) groups excluding carboxylic acids is 1. The standard InChI is InChI=1S/C13H19N5O/c1-9(2)11-7-10(8-12(16-11)17-15)13(19)18(3)6-4-5-14/h7-9H,4,6,15H2,1-3H3,(H,16,17). The molecule has 1 aromatic heterocycles. The van der Waals surface area contributed by atoms with Gasteiger partial charge in [-0.2, -0.15) is 5.26 Å². The molecule has 19 heavy (non-hydrogen) atoms. The number of rotatable bonds is 5. The highest BCUT2D eigenvalue weighted by molar-refractivity contribution is 5.94. The molecule has 0 fully saturated rings. The van der Waals surface area contributed by atoms with Gasteiger partial charge in [-0.3, -0.25) is 4.79 Å². The number of hydrogen-bond donors (Lipinski definition) is 2. The molecule has 0 aromatic carbocycles. The van der Waals surface area contributed by atoms with E-state index >= 15 is 0 Å². The van der Waals surface area contributed by atoms with E-state index in [9.17, 15) is 4.79 Å². The molecule has 0 saturated carbocycles. The molecule has 0 aliphatic carbocycles. The summed E-state index contributed by atoms with van der Waals surface area (Å²) in [5, 5.41) is 8.54. The minimum absolute atomic E-state index is 0.143. The van der Waals surface area contributed by atoms with Gasteiger partial charge in [-0.15, -0.1) is 0 Å². The van der Waals surface area contributed by atoms with E-state index in [0.717, 1.165) is 5.69 Å². The fraction of sp³-hybridized carbons (Fsp3) is 0.462. The lowest BCUT2D eigenvalue weighted by molar-refractivity contribution is 0.0798. The zero-order valence-corrected chi connectivity index (χ0v) is 11.5. The van der Waals surface area contributed by atoms with E-state index in [1.807, 2.05) is 19.9 Å². The highest BCUT2D eigenvalue weighted by Crippen LogP contribution is 2.18. The Balaban J connectivity index is 3.02. The summed E-state index contributed by atoms with van der Waals surface area (Å²) in [6.45, 7) is 4.40. The first-order valence-corrected chi connectivity index (χ1v) is 6.10. The van der Waals surface area contributed by atoms with Crippen LogP contribution < -0.4 is 11.3 Å². The number of anilines is 1. The molecular formula is C13H19N5O. The maximum atomic E-state index is 12.2. The van der Waals surface area contributed by atoms with E-state index in [-0.39, 0.29) is 11.8 Å². The number of pyridine rings is 1. The van der Waals surface area contributed by atoms with E-state index in [4.69, 9.17) is 11.1 Å². The van der Waals surface area contributed by atoms with E-state index in [2.05, 4.69) is 10.4 Å². The number of nitriles is 1. The zero-order valence-electron chi connectivity index (χ0n) is 11.5. The topological polar surface area (TPSA) is 95.0 Å². The second-order valence-electron chi connectivity index (χ2n) is 4.60. The lowest BCUT2D eigenvalue weighted by Crippen LogP contribution is -2.28. The third-order valence-electron chi connectivity index (χ3n) is 2.74. The maximum absolute atomic E-state index is 12.2. The summed E-state index contributed by atoms with van der Waals surface area (Å²) < 4.78 is 0. The van der Waals surface area contributed by atoms with E-state index in [1.165, 1.54) is 4.90 Å². The monoisotopic (exact) mass is 261 g/mol. The summed E-state index contributed by atoms with van der Waals surface area (Å²) in [4.78, 5) is 18.0. The maximum Gasteiger partial charge on any atom is 0.253 e. The van der Waals surface area contributed by atoms with Crippen molar-refractivity contribution in [3.63, 3.8) is 0 Å². The van der Waals surface area contributed by atoms with Crippen LogP contribution in [0, 0.1) is 11.3 Å². The molecule has 0 aliphatic heterocycles. The summed E-state index contributed by atoms with van der Waals surface area (Å²) in [6, 6.07) is 5.39. The molecule has 0 spiro atoms. The molecule has 1 rings (SSSR count). The van der Waals surface area contributed by atoms with Crippen molar-refractivity contribution < 1.29 is 4.79 Å². The van der Waals surface area contributed by atoms with E-state index < -0.39 is 0 Å². The summed E-state index contributed by atoms with van der Waals surface area (Å²) >= 11 is 0. The molecule has 102 valence electrons. The molecule has 0 radical (unpaired) electrons. The lowest BCUT2D eigenvalue weighted by Gasteiger charge is -2.17. The normalized spacial score (nSPS) is 10.1. The van der Waals surface area contributed by atoms with Gasteiger partial charge in [-0.05, 0) is 18.1 Å². The van der Waals surface area contributed by atoms with Crippen LogP contribution in [-0.2, 0) is 0 Å². The van der Waals surface area contributed by atoms with Crippen molar-refractivity contribution in [3.05, 3.63) is 23.4 Å². The molecule has 1 heterocycles. The van der Waals surface area contributed by atoms with Gasteiger partial charge in [0.15, 0.2) is 0 Å². The molecule has 1 aromatic rings. The summed E-state index contributed by atoms with van der Waals surface area (Å²) in [5.41, 5.74) is 3.78. The number of aromatic nitrogens is 1. The van der Waals surface area contributed by atoms with Crippen LogP contribution in [0.1, 0.15) is 42.2 Å². The number of nitrogens with one attached hydrogen (secondary N) is 1. The molecule has 0 atom stereocenters. The van der Waals surface area contributed by atoms with Gasteiger partial charge < -0.3 is 10.3 Å². The molecule has 0 bridgehead atoms. The lowest BCUT2D eigenvalue weighted by atomic mass is 10.1. The van der Waals surface area contributed by atoms with Gasteiger partial charge in [0.25, 0.3) is 5.91 Å². The number of hydrogen-bond acceptors (Lipinski definition) is 5. The number of hydrazine groups is 1. The Morgan fingerprint density at radius 1 is 1.58 bits per heavy atom. The molecular weight excluding hydrogens is 242 g/mol. The van der Waals surface area contributed by atoms with Gasteiger partial charge in [0.1, 0.15) is 5.82 Å². The van der Waals surface area contributed by atoms with Crippen LogP contribution in [0.25, 0.3) is 0 Å². The Kier molecular flexibility index (Phi) is 5.27. The first-order valence-electron chi connectivity index (χ1n) is 6.10. The highest BCUT2D eigenvalue weighted by atomic mass is 16.2. The fourth-order valence-electron chi connectivity index (χ4n) is 1.58. The first-order chi connectivity index (χ1) is 8.99. The molecule has 1 amide bonds. The second-order valence-corrected chi connectivity index (χ2v) is 4.60. The fourth-order valence-corrected chi connectivity index (χ4v) is 1.58. The molecule has 0 saturated heterocycles. The Morgan fingerprint density at radius 3 is 2.79 bits per heavy atom. The summed E-state index contributed by atoms with van der Waals surface area (Å²) in [5.74, 6) is 5.88. The predicted molar refractivity (Wildman–Crippen MR) is 73.3 cm³/mol. The molecule has 6 heteroatoms. The van der Waals surface area contributed by atoms with Crippen LogP contribution in [0.15, 0.2) is 12.1 Å². The third-order valence-corrected chi connectivity index (χ3v) is 2.74. The van der Waals surface area contributed by atoms with Gasteiger partial charge in [-0.1, -0.05) is 13.8 Å². The quantitative estimate of drug-likeness (QED) is 0.618. The van der Waals surface area contributed by atoms with Crippen molar-refractivity contribution >= 4 is 11.7 Å². The minimum atomic E-state index is -0.143. The van der Waals surface area contributed by atoms with Crippen molar-refractivity contribution in [1.29, 1.82) is 5.26 Å². The van der Waals surface area contributed by atoms with Crippen LogP contribution in [0.4, 0.5) is 5.82 Å². The molecule has 0 aliphatic rings. The molecule has 6 nitrogen and oxygen atoms in total. The van der Waals surface area contributed by atoms with E-state index in [0.29, 0.717) is 24.3 Å². The van der Waals surface area contributed by atoms with Crippen LogP contribution in [-0.4, -0.2) is 29.4 Å². The van der Waals surface area contributed by atoms with Crippen molar-refractivity contribution in [2.75, 3.05) is 19.0 Å². The van der Waals surface area contributed by atoms with Gasteiger partial charge in [0.05, 0.1) is 12.5 Å². The minimum Gasteiger partial charge on any atom is -0.341 e. The average Bonchev–Trinajstić information content (AvgIpc) is 2.43. The highest BCUT2D eigenvalue weighted by Gasteiger charge is 2.15. The number of carbonyl (C=O) groups is 1. The van der Waals surface area contributed by atoms with Crippen LogP contribution in [0.3, 0.4) is 0 Å². The summed E-state index contributed by atoms with van der Waals surface area (Å²) in [6.07, 6.45) is 0.312. The largest absolute Gasteiger partial charge is 0.341 e. The van der Waals surface area contributed by atoms with Crippen molar-refractivity contribution in [1.82, 2.24) is 9.88 Å². The Labute approximate surface area is 113 Å². The second kappa shape index (κ2) is 6.71. The average molecular weight is 261 g/mol.